The number of nitrogens with zero attached hydrogens (tertiary/aromatic N) is 2. The number of esters is 1. The quantitative estimate of drug-likeness (QED) is 0.155. The van der Waals surface area contributed by atoms with Crippen LogP contribution in [0.3, 0.4) is 0 Å². The highest BCUT2D eigenvalue weighted by molar-refractivity contribution is 5.93. The van der Waals surface area contributed by atoms with Gasteiger partial charge in [0, 0.05) is 24.1 Å². The lowest BCUT2D eigenvalue weighted by Crippen LogP contribution is -2.64. The number of furan rings is 1. The number of hydrogen-bond acceptors (Lipinski definition) is 7. The highest BCUT2D eigenvalue weighted by Gasteiger charge is 2.71. The lowest BCUT2D eigenvalue weighted by atomic mass is 9.45. The van der Waals surface area contributed by atoms with E-state index >= 15 is 0 Å². The Bertz CT molecular complexity index is 2040. The molecule has 3 N–H and O–H groups in total. The Morgan fingerprint density at radius 2 is 1.83 bits per heavy atom. The van der Waals surface area contributed by atoms with Crippen LogP contribution in [-0.2, 0) is 27.3 Å². The van der Waals surface area contributed by atoms with Crippen molar-refractivity contribution in [2.75, 3.05) is 5.32 Å². The van der Waals surface area contributed by atoms with Crippen LogP contribution in [0.1, 0.15) is 93.1 Å². The van der Waals surface area contributed by atoms with Gasteiger partial charge in [0.15, 0.2) is 5.60 Å². The van der Waals surface area contributed by atoms with Crippen molar-refractivity contribution in [3.8, 4) is 5.69 Å². The molecule has 2 amide bonds. The van der Waals surface area contributed by atoms with Gasteiger partial charge in [-0.2, -0.15) is 5.10 Å². The van der Waals surface area contributed by atoms with E-state index in [0.717, 1.165) is 53.9 Å². The molecule has 2 aromatic carbocycles. The molecule has 3 saturated carbocycles. The minimum absolute atomic E-state index is 0.00562. The van der Waals surface area contributed by atoms with Crippen LogP contribution >= 0.6 is 0 Å². The third kappa shape index (κ3) is 5.82. The number of amides is 2. The highest BCUT2D eigenvalue weighted by atomic mass is 16.6. The maximum absolute atomic E-state index is 14.5. The Morgan fingerprint density at radius 3 is 2.57 bits per heavy atom. The number of aliphatic hydroxyl groups is 1. The number of benzene rings is 2. The number of nitrogens with one attached hydrogen (secondary N) is 2. The predicted octanol–water partition coefficient (Wildman–Crippen LogP) is 7.27. The molecule has 0 spiro atoms. The number of carbonyl (C=O) groups excluding carboxylic acids is 3. The first-order chi connectivity index (χ1) is 25.6. The van der Waals surface area contributed by atoms with Crippen LogP contribution in [0, 0.1) is 28.6 Å². The maximum Gasteiger partial charge on any atom is 0.375 e. The first-order valence-electron chi connectivity index (χ1n) is 19.0. The summed E-state index contributed by atoms with van der Waals surface area (Å²) >= 11 is 0. The SMILES string of the molecule is CCCC(=O)Nc1ccc(-n2ncc3c2C=C2CCC4C(C(O)C[C@@]5(C)C4CC[C@]5(OC(=O)c4ccco4)C(=O)NCc4ccccc4)[C@@]2(C)C3)cc1. The second kappa shape index (κ2) is 13.5. The van der Waals surface area contributed by atoms with E-state index in [4.69, 9.17) is 14.3 Å². The summed E-state index contributed by atoms with van der Waals surface area (Å²) in [7, 11) is 0. The van der Waals surface area contributed by atoms with E-state index in [9.17, 15) is 19.5 Å². The van der Waals surface area contributed by atoms with Crippen molar-refractivity contribution in [3.05, 3.63) is 107 Å². The summed E-state index contributed by atoms with van der Waals surface area (Å²) in [6.07, 6.45) is 10.1. The molecule has 7 atom stereocenters. The summed E-state index contributed by atoms with van der Waals surface area (Å²) in [5.74, 6) is -0.791. The van der Waals surface area contributed by atoms with E-state index in [-0.39, 0.29) is 40.7 Å². The summed E-state index contributed by atoms with van der Waals surface area (Å²) in [6, 6.07) is 20.7. The lowest BCUT2D eigenvalue weighted by molar-refractivity contribution is -0.182. The van der Waals surface area contributed by atoms with Crippen LogP contribution < -0.4 is 10.6 Å². The van der Waals surface area contributed by atoms with Crippen LogP contribution in [-0.4, -0.2) is 44.4 Å². The van der Waals surface area contributed by atoms with E-state index in [1.165, 1.54) is 11.8 Å². The number of carbonyl (C=O) groups is 3. The number of rotatable bonds is 9. The van der Waals surface area contributed by atoms with Crippen molar-refractivity contribution < 1.29 is 28.6 Å². The molecule has 0 bridgehead atoms. The topological polar surface area (TPSA) is 136 Å². The number of ether oxygens (including phenoxy) is 1. The molecule has 2 heterocycles. The zero-order valence-corrected chi connectivity index (χ0v) is 30.6. The first kappa shape index (κ1) is 35.1. The van der Waals surface area contributed by atoms with Crippen LogP contribution in [0.4, 0.5) is 5.69 Å². The second-order valence-electron chi connectivity index (χ2n) is 16.0. The van der Waals surface area contributed by atoms with Crippen molar-refractivity contribution in [2.45, 2.75) is 90.4 Å². The van der Waals surface area contributed by atoms with E-state index in [0.29, 0.717) is 32.2 Å². The number of hydrogen-bond donors (Lipinski definition) is 3. The minimum Gasteiger partial charge on any atom is -0.457 e. The lowest BCUT2D eigenvalue weighted by Gasteiger charge is -2.60. The Hall–Kier alpha value is -4.96. The van der Waals surface area contributed by atoms with Gasteiger partial charge >= 0.3 is 5.97 Å². The molecule has 8 rings (SSSR count). The average Bonchev–Trinajstić information content (AvgIpc) is 3.89. The molecule has 10 nitrogen and oxygen atoms in total. The molecule has 4 aromatic rings. The molecule has 0 radical (unpaired) electrons. The van der Waals surface area contributed by atoms with Crippen molar-refractivity contribution in [1.82, 2.24) is 15.1 Å². The van der Waals surface area contributed by atoms with Gasteiger partial charge in [-0.25, -0.2) is 9.48 Å². The predicted molar refractivity (Wildman–Crippen MR) is 200 cm³/mol. The van der Waals surface area contributed by atoms with E-state index in [2.05, 4.69) is 30.6 Å². The van der Waals surface area contributed by atoms with E-state index in [1.807, 2.05) is 72.4 Å². The van der Waals surface area contributed by atoms with Crippen molar-refractivity contribution in [3.63, 3.8) is 0 Å². The summed E-state index contributed by atoms with van der Waals surface area (Å²) in [6.45, 7) is 6.64. The van der Waals surface area contributed by atoms with Gasteiger partial charge in [0.05, 0.1) is 29.9 Å². The summed E-state index contributed by atoms with van der Waals surface area (Å²) < 4.78 is 13.7. The molecule has 4 aliphatic carbocycles. The van der Waals surface area contributed by atoms with E-state index < -0.39 is 23.1 Å². The Labute approximate surface area is 310 Å². The fourth-order valence-electron chi connectivity index (χ4n) is 10.6. The van der Waals surface area contributed by atoms with Gasteiger partial charge < -0.3 is 24.9 Å². The third-order valence-corrected chi connectivity index (χ3v) is 13.1. The van der Waals surface area contributed by atoms with Gasteiger partial charge in [0.1, 0.15) is 0 Å². The smallest absolute Gasteiger partial charge is 0.375 e. The van der Waals surface area contributed by atoms with Crippen molar-refractivity contribution in [2.24, 2.45) is 28.6 Å². The molecule has 3 fully saturated rings. The molecule has 0 aliphatic heterocycles. The van der Waals surface area contributed by atoms with Crippen LogP contribution in [0.15, 0.2) is 89.2 Å². The Balaban J connectivity index is 1.07. The highest BCUT2D eigenvalue weighted by Crippen LogP contribution is 2.68. The van der Waals surface area contributed by atoms with Crippen molar-refractivity contribution in [1.29, 1.82) is 0 Å². The fraction of sp³-hybridized carbons (Fsp3) is 0.442. The van der Waals surface area contributed by atoms with E-state index in [1.54, 1.807) is 12.1 Å². The molecule has 53 heavy (non-hydrogen) atoms. The number of allylic oxidation sites excluding steroid dienone is 1. The fourth-order valence-corrected chi connectivity index (χ4v) is 10.6. The minimum atomic E-state index is -1.48. The molecule has 10 heteroatoms. The molecular formula is C43H48N4O6. The molecular weight excluding hydrogens is 668 g/mol. The van der Waals surface area contributed by atoms with Gasteiger partial charge in [0.25, 0.3) is 5.91 Å². The molecule has 2 aromatic heterocycles. The number of fused-ring (bicyclic) bond motifs is 6. The third-order valence-electron chi connectivity index (χ3n) is 13.1. The number of aromatic nitrogens is 2. The Morgan fingerprint density at radius 1 is 1.04 bits per heavy atom. The molecule has 4 unspecified atom stereocenters. The summed E-state index contributed by atoms with van der Waals surface area (Å²) in [5, 5.41) is 23.2. The van der Waals surface area contributed by atoms with Gasteiger partial charge in [-0.15, -0.1) is 0 Å². The number of aliphatic hydroxyl groups excluding tert-OH is 1. The Kier molecular flexibility index (Phi) is 8.92. The van der Waals surface area contributed by atoms with Crippen LogP contribution in [0.25, 0.3) is 11.8 Å². The van der Waals surface area contributed by atoms with Gasteiger partial charge in [0.2, 0.25) is 11.7 Å². The molecule has 0 saturated heterocycles. The molecule has 4 aliphatic rings. The van der Waals surface area contributed by atoms with Crippen LogP contribution in [0.2, 0.25) is 0 Å². The van der Waals surface area contributed by atoms with Crippen LogP contribution in [0.5, 0.6) is 0 Å². The average molecular weight is 717 g/mol. The van der Waals surface area contributed by atoms with Gasteiger partial charge in [-0.05, 0) is 122 Å². The second-order valence-corrected chi connectivity index (χ2v) is 16.0. The van der Waals surface area contributed by atoms with Gasteiger partial charge in [-0.3, -0.25) is 9.59 Å². The normalized spacial score (nSPS) is 29.8. The monoisotopic (exact) mass is 716 g/mol. The largest absolute Gasteiger partial charge is 0.457 e. The first-order valence-corrected chi connectivity index (χ1v) is 19.0. The summed E-state index contributed by atoms with van der Waals surface area (Å²) in [5.41, 5.74) is 3.53. The molecule has 276 valence electrons. The zero-order valence-electron chi connectivity index (χ0n) is 30.6. The zero-order chi connectivity index (χ0) is 37.0. The number of anilines is 1. The maximum atomic E-state index is 14.5. The van der Waals surface area contributed by atoms with Crippen molar-refractivity contribution >= 4 is 29.5 Å². The summed E-state index contributed by atoms with van der Waals surface area (Å²) in [4.78, 5) is 40.2. The standard InChI is InChI=1S/C43H48N4O6/c1-4-9-37(49)46-30-14-16-31(17-15-30)47-34-22-29-13-18-32-33-19-20-43(53-39(50)36-12-8-21-52-36,40(51)44-25-27-10-6-5-7-11-27)42(33,3)24-35(48)38(32)41(29,2)23-28(34)26-45-47/h5-8,10-12,14-17,21-22,26,32-33,35,38,48H,4,9,13,18-20,23-25H2,1-3H3,(H,44,51)(H,46,49)/t32?,33?,35?,38?,41-,42-,43-/m0/s1. The van der Waals surface area contributed by atoms with Gasteiger partial charge in [-0.1, -0.05) is 56.7 Å².